The molecular formula is C24H17ClN2O3S2. The lowest BCUT2D eigenvalue weighted by Crippen LogP contribution is -2.12. The highest BCUT2D eigenvalue weighted by Crippen LogP contribution is 2.35. The lowest BCUT2D eigenvalue weighted by molar-refractivity contribution is -0.133. The van der Waals surface area contributed by atoms with Crippen LogP contribution in [0.25, 0.3) is 21.2 Å². The van der Waals surface area contributed by atoms with Gasteiger partial charge in [-0.15, -0.1) is 23.1 Å². The summed E-state index contributed by atoms with van der Waals surface area (Å²) in [4.78, 5) is 29.2. The number of hydrogen-bond donors (Lipinski definition) is 2. The van der Waals surface area contributed by atoms with Crippen molar-refractivity contribution in [2.24, 2.45) is 0 Å². The third-order valence-corrected chi connectivity index (χ3v) is 6.96. The zero-order chi connectivity index (χ0) is 22.5. The summed E-state index contributed by atoms with van der Waals surface area (Å²) in [5.41, 5.74) is 2.68. The van der Waals surface area contributed by atoms with E-state index in [0.717, 1.165) is 25.7 Å². The quantitative estimate of drug-likeness (QED) is 0.315. The Morgan fingerprint density at radius 1 is 1.06 bits per heavy atom. The van der Waals surface area contributed by atoms with E-state index in [-0.39, 0.29) is 11.7 Å². The molecule has 0 aliphatic rings. The Labute approximate surface area is 197 Å². The molecule has 1 amide bonds. The van der Waals surface area contributed by atoms with E-state index in [0.29, 0.717) is 16.3 Å². The number of carboxylic acid groups (broad SMARTS) is 1. The highest BCUT2D eigenvalue weighted by atomic mass is 35.5. The van der Waals surface area contributed by atoms with E-state index >= 15 is 0 Å². The number of nitrogens with one attached hydrogen (secondary N) is 1. The number of rotatable bonds is 7. The second-order valence-corrected chi connectivity index (χ2v) is 9.19. The normalized spacial score (nSPS) is 11.5. The number of thiazole rings is 1. The van der Waals surface area contributed by atoms with Crippen molar-refractivity contribution in [3.63, 3.8) is 0 Å². The first-order valence-electron chi connectivity index (χ1n) is 9.58. The highest BCUT2D eigenvalue weighted by Gasteiger charge is 2.13. The van der Waals surface area contributed by atoms with Gasteiger partial charge in [0.15, 0.2) is 0 Å². The van der Waals surface area contributed by atoms with Crippen LogP contribution in [0.3, 0.4) is 0 Å². The van der Waals surface area contributed by atoms with E-state index in [1.165, 1.54) is 23.1 Å². The number of para-hydroxylation sites is 1. The van der Waals surface area contributed by atoms with Gasteiger partial charge in [-0.25, -0.2) is 4.98 Å². The summed E-state index contributed by atoms with van der Waals surface area (Å²) in [6.07, 6.45) is 1.89. The van der Waals surface area contributed by atoms with Gasteiger partial charge in [0.1, 0.15) is 5.01 Å². The molecule has 0 radical (unpaired) electrons. The van der Waals surface area contributed by atoms with Crippen LogP contribution < -0.4 is 5.32 Å². The Morgan fingerprint density at radius 2 is 1.84 bits per heavy atom. The number of aromatic nitrogens is 1. The van der Waals surface area contributed by atoms with Crippen molar-refractivity contribution in [2.75, 3.05) is 11.1 Å². The summed E-state index contributed by atoms with van der Waals surface area (Å²) < 4.78 is 1.03. The minimum Gasteiger partial charge on any atom is -0.481 e. The largest absolute Gasteiger partial charge is 0.481 e. The second kappa shape index (κ2) is 9.99. The Bertz CT molecular complexity index is 1300. The molecule has 0 saturated heterocycles. The van der Waals surface area contributed by atoms with Crippen molar-refractivity contribution in [1.29, 1.82) is 0 Å². The zero-order valence-corrected chi connectivity index (χ0v) is 19.0. The fourth-order valence-electron chi connectivity index (χ4n) is 2.98. The van der Waals surface area contributed by atoms with Crippen LogP contribution in [0.2, 0.25) is 5.02 Å². The van der Waals surface area contributed by atoms with Crippen LogP contribution in [0.1, 0.15) is 20.9 Å². The van der Waals surface area contributed by atoms with E-state index in [4.69, 9.17) is 16.7 Å². The number of carboxylic acids is 1. The van der Waals surface area contributed by atoms with Crippen LogP contribution >= 0.6 is 34.7 Å². The first kappa shape index (κ1) is 22.1. The first-order valence-corrected chi connectivity index (χ1v) is 11.8. The molecule has 1 aromatic heterocycles. The molecule has 0 unspecified atom stereocenters. The van der Waals surface area contributed by atoms with Gasteiger partial charge in [0.25, 0.3) is 5.91 Å². The molecule has 3 aromatic carbocycles. The van der Waals surface area contributed by atoms with Crippen molar-refractivity contribution in [2.45, 2.75) is 0 Å². The molecule has 0 aliphatic heterocycles. The number of hydrogen-bond acceptors (Lipinski definition) is 5. The summed E-state index contributed by atoms with van der Waals surface area (Å²) >= 11 is 8.85. The number of fused-ring (bicyclic) bond motifs is 1. The molecule has 0 bridgehead atoms. The maximum absolute atomic E-state index is 12.6. The Balaban J connectivity index is 1.63. The number of amides is 1. The highest BCUT2D eigenvalue weighted by molar-refractivity contribution is 8.09. The molecule has 32 heavy (non-hydrogen) atoms. The summed E-state index contributed by atoms with van der Waals surface area (Å²) in [6.45, 7) is 0. The van der Waals surface area contributed by atoms with E-state index in [9.17, 15) is 9.59 Å². The molecule has 4 aromatic rings. The van der Waals surface area contributed by atoms with Gasteiger partial charge in [-0.3, -0.25) is 9.59 Å². The first-order chi connectivity index (χ1) is 15.5. The minimum absolute atomic E-state index is 0.0787. The van der Waals surface area contributed by atoms with Crippen molar-refractivity contribution >= 4 is 73.5 Å². The Morgan fingerprint density at radius 3 is 2.62 bits per heavy atom. The SMILES string of the molecule is O=C(O)CS/C(=C\c1cccc(NC(=O)c2ccccc2Cl)c1)c1nc2ccccc2s1. The maximum Gasteiger partial charge on any atom is 0.313 e. The fourth-order valence-corrected chi connectivity index (χ4v) is 5.05. The fraction of sp³-hybridized carbons (Fsp3) is 0.0417. The Hall–Kier alpha value is -3.13. The molecule has 4 rings (SSSR count). The number of nitrogens with zero attached hydrogens (tertiary/aromatic N) is 1. The number of carbonyl (C=O) groups is 2. The molecule has 0 saturated carbocycles. The topological polar surface area (TPSA) is 79.3 Å². The molecule has 1 heterocycles. The van der Waals surface area contributed by atoms with Gasteiger partial charge in [0.05, 0.1) is 26.6 Å². The molecule has 0 fully saturated rings. The molecule has 160 valence electrons. The number of halogens is 1. The lowest BCUT2D eigenvalue weighted by Gasteiger charge is -2.08. The average molecular weight is 481 g/mol. The molecule has 0 spiro atoms. The number of carbonyl (C=O) groups excluding carboxylic acids is 1. The Kier molecular flexibility index (Phi) is 6.90. The number of anilines is 1. The summed E-state index contributed by atoms with van der Waals surface area (Å²) in [5.74, 6) is -1.28. The molecule has 2 N–H and O–H groups in total. The van der Waals surface area contributed by atoms with Crippen molar-refractivity contribution in [3.05, 3.63) is 94.0 Å². The third-order valence-electron chi connectivity index (χ3n) is 4.42. The molecule has 0 atom stereocenters. The van der Waals surface area contributed by atoms with Crippen LogP contribution in [-0.2, 0) is 4.79 Å². The third kappa shape index (κ3) is 5.37. The monoisotopic (exact) mass is 480 g/mol. The van der Waals surface area contributed by atoms with Gasteiger partial charge < -0.3 is 10.4 Å². The van der Waals surface area contributed by atoms with Crippen molar-refractivity contribution < 1.29 is 14.7 Å². The van der Waals surface area contributed by atoms with Gasteiger partial charge in [-0.2, -0.15) is 0 Å². The van der Waals surface area contributed by atoms with Gasteiger partial charge in [0, 0.05) is 10.6 Å². The van der Waals surface area contributed by atoms with E-state index in [1.54, 1.807) is 30.3 Å². The summed E-state index contributed by atoms with van der Waals surface area (Å²) in [7, 11) is 0. The zero-order valence-electron chi connectivity index (χ0n) is 16.6. The van der Waals surface area contributed by atoms with Crippen LogP contribution in [0.5, 0.6) is 0 Å². The van der Waals surface area contributed by atoms with Crippen molar-refractivity contribution in [3.8, 4) is 0 Å². The predicted octanol–water partition coefficient (Wildman–Crippen LogP) is 6.52. The number of aliphatic carboxylic acids is 1. The lowest BCUT2D eigenvalue weighted by atomic mass is 10.1. The summed E-state index contributed by atoms with van der Waals surface area (Å²) in [5, 5.41) is 13.2. The predicted molar refractivity (Wildman–Crippen MR) is 133 cm³/mol. The molecular weight excluding hydrogens is 464 g/mol. The van der Waals surface area contributed by atoms with Crippen molar-refractivity contribution in [1.82, 2.24) is 4.98 Å². The van der Waals surface area contributed by atoms with E-state index < -0.39 is 5.97 Å². The smallest absolute Gasteiger partial charge is 0.313 e. The molecule has 0 aliphatic carbocycles. The van der Waals surface area contributed by atoms with Gasteiger partial charge >= 0.3 is 5.97 Å². The maximum atomic E-state index is 12.6. The summed E-state index contributed by atoms with van der Waals surface area (Å²) in [6, 6.07) is 22.0. The van der Waals surface area contributed by atoms with Gasteiger partial charge in [-0.1, -0.05) is 48.0 Å². The van der Waals surface area contributed by atoms with Gasteiger partial charge in [-0.05, 0) is 48.0 Å². The van der Waals surface area contributed by atoms with E-state index in [1.807, 2.05) is 48.5 Å². The van der Waals surface area contributed by atoms with E-state index in [2.05, 4.69) is 10.3 Å². The molecule has 5 nitrogen and oxygen atoms in total. The van der Waals surface area contributed by atoms with Crippen LogP contribution in [0.4, 0.5) is 5.69 Å². The molecule has 8 heteroatoms. The van der Waals surface area contributed by atoms with Gasteiger partial charge in [0.2, 0.25) is 0 Å². The second-order valence-electron chi connectivity index (χ2n) is 6.74. The standard InChI is InChI=1S/C24H17ClN2O3S2/c25-18-9-2-1-8-17(18)23(30)26-16-7-5-6-15(12-16)13-21(31-14-22(28)29)24-27-19-10-3-4-11-20(19)32-24/h1-13H,14H2,(H,26,30)(H,28,29)/b21-13-. The number of thioether (sulfide) groups is 1. The van der Waals surface area contributed by atoms with Crippen LogP contribution in [0.15, 0.2) is 72.8 Å². The minimum atomic E-state index is -0.900. The number of benzene rings is 3. The van der Waals surface area contributed by atoms with Crippen LogP contribution in [-0.4, -0.2) is 27.7 Å². The average Bonchev–Trinajstić information content (AvgIpc) is 3.21. The van der Waals surface area contributed by atoms with Crippen LogP contribution in [0, 0.1) is 0 Å².